The smallest absolute Gasteiger partial charge is 0.0816 e. The number of morpholine rings is 1. The molecular formula is C17H23N3O. The highest BCUT2D eigenvalue weighted by Gasteiger charge is 2.11. The van der Waals surface area contributed by atoms with Crippen LogP contribution in [-0.2, 0) is 11.2 Å². The normalized spacial score (nSPS) is 16.4. The highest BCUT2D eigenvalue weighted by atomic mass is 16.5. The third-order valence-corrected chi connectivity index (χ3v) is 3.48. The monoisotopic (exact) mass is 285 g/mol. The third-order valence-electron chi connectivity index (χ3n) is 3.48. The molecule has 112 valence electrons. The van der Waals surface area contributed by atoms with Crippen molar-refractivity contribution in [2.24, 2.45) is 0 Å². The largest absolute Gasteiger partial charge is 0.378 e. The van der Waals surface area contributed by atoms with Crippen molar-refractivity contribution in [2.75, 3.05) is 26.3 Å². The Morgan fingerprint density at radius 3 is 2.57 bits per heavy atom. The van der Waals surface area contributed by atoms with E-state index in [4.69, 9.17) is 4.74 Å². The molecule has 2 N–H and O–H groups in total. The van der Waals surface area contributed by atoms with Crippen LogP contribution in [-0.4, -0.2) is 41.4 Å². The van der Waals surface area contributed by atoms with Crippen molar-refractivity contribution in [3.05, 3.63) is 67.2 Å². The predicted molar refractivity (Wildman–Crippen MR) is 87.9 cm³/mol. The highest BCUT2D eigenvalue weighted by Crippen LogP contribution is 2.17. The van der Waals surface area contributed by atoms with E-state index >= 15 is 0 Å². The molecule has 21 heavy (non-hydrogen) atoms. The molecule has 1 aromatic heterocycles. The Morgan fingerprint density at radius 1 is 1.24 bits per heavy atom. The van der Waals surface area contributed by atoms with Crippen LogP contribution in [0.5, 0.6) is 0 Å². The summed E-state index contributed by atoms with van der Waals surface area (Å²) in [5, 5.41) is 6.13. The second kappa shape index (κ2) is 7.55. The average molecular weight is 285 g/mol. The van der Waals surface area contributed by atoms with Gasteiger partial charge in [0.05, 0.1) is 24.6 Å². The number of nitrogens with zero attached hydrogens (tertiary/aromatic N) is 1. The van der Waals surface area contributed by atoms with Crippen molar-refractivity contribution in [3.8, 4) is 0 Å². The number of ether oxygens (including phenoxy) is 1. The molecule has 1 saturated heterocycles. The molecule has 1 aliphatic heterocycles. The molecule has 1 fully saturated rings. The summed E-state index contributed by atoms with van der Waals surface area (Å²) in [6.45, 7) is 14.9. The second-order valence-corrected chi connectivity index (χ2v) is 4.87. The van der Waals surface area contributed by atoms with Gasteiger partial charge < -0.3 is 14.7 Å². The molecule has 0 saturated carbocycles. The van der Waals surface area contributed by atoms with Crippen LogP contribution in [0.1, 0.15) is 11.4 Å². The Morgan fingerprint density at radius 2 is 2.00 bits per heavy atom. The molecule has 0 bridgehead atoms. The van der Waals surface area contributed by atoms with Crippen LogP contribution in [0.3, 0.4) is 0 Å². The lowest BCUT2D eigenvalue weighted by Gasteiger charge is -2.29. The molecule has 0 amide bonds. The van der Waals surface area contributed by atoms with Gasteiger partial charge in [0, 0.05) is 25.2 Å². The zero-order chi connectivity index (χ0) is 15.1. The Kier molecular flexibility index (Phi) is 5.46. The zero-order valence-electron chi connectivity index (χ0n) is 12.4. The first-order chi connectivity index (χ1) is 10.3. The Hall–Kier alpha value is -2.20. The fourth-order valence-electron chi connectivity index (χ4n) is 2.25. The van der Waals surface area contributed by atoms with Gasteiger partial charge in [0.2, 0.25) is 0 Å². The zero-order valence-corrected chi connectivity index (χ0v) is 12.4. The quantitative estimate of drug-likeness (QED) is 0.756. The van der Waals surface area contributed by atoms with Gasteiger partial charge in [-0.1, -0.05) is 38.0 Å². The van der Waals surface area contributed by atoms with Crippen LogP contribution < -0.4 is 0 Å². The number of hydrogen-bond donors (Lipinski definition) is 2. The minimum absolute atomic E-state index is 0.780. The maximum absolute atomic E-state index is 5.39. The van der Waals surface area contributed by atoms with Crippen LogP contribution in [0.2, 0.25) is 0 Å². The summed E-state index contributed by atoms with van der Waals surface area (Å²) >= 11 is 0. The van der Waals surface area contributed by atoms with E-state index in [2.05, 4.69) is 47.0 Å². The van der Waals surface area contributed by atoms with Crippen molar-refractivity contribution < 1.29 is 4.74 Å². The van der Waals surface area contributed by atoms with Gasteiger partial charge in [-0.2, -0.15) is 0 Å². The van der Waals surface area contributed by atoms with Crippen LogP contribution in [0, 0.1) is 0 Å². The van der Waals surface area contributed by atoms with Crippen molar-refractivity contribution in [2.45, 2.75) is 6.42 Å². The lowest BCUT2D eigenvalue weighted by molar-refractivity contribution is 0.0554. The second-order valence-electron chi connectivity index (χ2n) is 4.87. The van der Waals surface area contributed by atoms with Crippen LogP contribution in [0.4, 0.5) is 0 Å². The number of nitrogens with one attached hydrogen (secondary N) is 2. The molecule has 2 rings (SSSR count). The van der Waals surface area contributed by atoms with Crippen LogP contribution >= 0.6 is 0 Å². The van der Waals surface area contributed by atoms with Crippen molar-refractivity contribution in [1.29, 1.82) is 0 Å². The van der Waals surface area contributed by atoms with Gasteiger partial charge in [-0.05, 0) is 17.7 Å². The molecule has 0 atom stereocenters. The van der Waals surface area contributed by atoms with Gasteiger partial charge in [-0.3, -0.25) is 5.10 Å². The molecule has 0 spiro atoms. The first kappa shape index (κ1) is 15.2. The van der Waals surface area contributed by atoms with Crippen molar-refractivity contribution in [1.82, 2.24) is 15.1 Å². The molecular weight excluding hydrogens is 262 g/mol. The fraction of sp³-hybridized carbons (Fsp3) is 0.294. The van der Waals surface area contributed by atoms with Crippen LogP contribution in [0.15, 0.2) is 55.8 Å². The number of allylic oxidation sites excluding steroid dienone is 6. The number of aromatic amines is 2. The molecule has 0 unspecified atom stereocenters. The minimum Gasteiger partial charge on any atom is -0.378 e. The molecule has 1 aromatic rings. The van der Waals surface area contributed by atoms with E-state index in [9.17, 15) is 0 Å². The van der Waals surface area contributed by atoms with E-state index in [0.717, 1.165) is 49.7 Å². The first-order valence-electron chi connectivity index (χ1n) is 7.15. The molecule has 0 aromatic carbocycles. The van der Waals surface area contributed by atoms with E-state index in [-0.39, 0.29) is 0 Å². The van der Waals surface area contributed by atoms with Crippen LogP contribution in [0.25, 0.3) is 5.57 Å². The molecule has 2 heterocycles. The lowest BCUT2D eigenvalue weighted by Crippen LogP contribution is -2.35. The maximum atomic E-state index is 5.39. The van der Waals surface area contributed by atoms with Gasteiger partial charge in [0.25, 0.3) is 0 Å². The summed E-state index contributed by atoms with van der Waals surface area (Å²) < 4.78 is 5.39. The summed E-state index contributed by atoms with van der Waals surface area (Å²) in [4.78, 5) is 2.31. The predicted octanol–water partition coefficient (Wildman–Crippen LogP) is 3.04. The van der Waals surface area contributed by atoms with Gasteiger partial charge in [0.15, 0.2) is 0 Å². The summed E-state index contributed by atoms with van der Waals surface area (Å²) in [6, 6.07) is 0. The summed E-state index contributed by atoms with van der Waals surface area (Å²) in [5.41, 5.74) is 4.25. The number of aromatic nitrogens is 2. The molecule has 4 nitrogen and oxygen atoms in total. The third kappa shape index (κ3) is 3.89. The Bertz CT molecular complexity index is 554. The highest BCUT2D eigenvalue weighted by molar-refractivity contribution is 5.70. The van der Waals surface area contributed by atoms with E-state index in [1.54, 1.807) is 6.08 Å². The van der Waals surface area contributed by atoms with E-state index in [1.165, 1.54) is 5.70 Å². The van der Waals surface area contributed by atoms with E-state index in [0.29, 0.717) is 0 Å². The summed E-state index contributed by atoms with van der Waals surface area (Å²) in [6.07, 6.45) is 10.7. The Labute approximate surface area is 126 Å². The molecule has 4 heteroatoms. The molecule has 0 aliphatic carbocycles. The van der Waals surface area contributed by atoms with Gasteiger partial charge >= 0.3 is 0 Å². The minimum atomic E-state index is 0.780. The maximum Gasteiger partial charge on any atom is 0.0816 e. The van der Waals surface area contributed by atoms with E-state index in [1.807, 2.05) is 12.2 Å². The van der Waals surface area contributed by atoms with Crippen molar-refractivity contribution >= 4 is 5.57 Å². The first-order valence-corrected chi connectivity index (χ1v) is 7.15. The van der Waals surface area contributed by atoms with Gasteiger partial charge in [-0.15, -0.1) is 0 Å². The summed E-state index contributed by atoms with van der Waals surface area (Å²) in [7, 11) is 0. The van der Waals surface area contributed by atoms with Crippen molar-refractivity contribution in [3.63, 3.8) is 0 Å². The number of hydrogen-bond acceptors (Lipinski definition) is 2. The average Bonchev–Trinajstić information content (AvgIpc) is 2.50. The Balaban J connectivity index is 1.97. The van der Waals surface area contributed by atoms with E-state index < -0.39 is 0 Å². The number of rotatable bonds is 7. The topological polar surface area (TPSA) is 44.0 Å². The standard InChI is InChI=1S/C17H23N3O/c1-4-7-15(20-10-12-21-13-11-20)8-6-9-16-17(19-18-16)14(3)5-2/h4-8,18-19H,1-3,9-13H2/b8-6-,15-7+. The molecule has 0 radical (unpaired) electrons. The lowest BCUT2D eigenvalue weighted by atomic mass is 10.1. The van der Waals surface area contributed by atoms with Gasteiger partial charge in [0.1, 0.15) is 0 Å². The number of H-pyrrole nitrogens is 2. The summed E-state index contributed by atoms with van der Waals surface area (Å²) in [5.74, 6) is 0. The SMILES string of the molecule is C=C/C=C(\C=C/Cc1[nH][nH]c1C(=C)C=C)N1CCOCC1. The van der Waals surface area contributed by atoms with Gasteiger partial charge in [-0.25, -0.2) is 0 Å². The fourth-order valence-corrected chi connectivity index (χ4v) is 2.25. The molecule has 1 aliphatic rings.